The van der Waals surface area contributed by atoms with Gasteiger partial charge in [-0.1, -0.05) is 17.3 Å². The number of fused-ring (bicyclic) bond motifs is 1. The van der Waals surface area contributed by atoms with Gasteiger partial charge in [0.15, 0.2) is 11.5 Å². The molecule has 25 heavy (non-hydrogen) atoms. The molecule has 2 heterocycles. The van der Waals surface area contributed by atoms with Gasteiger partial charge >= 0.3 is 0 Å². The first kappa shape index (κ1) is 15.3. The summed E-state index contributed by atoms with van der Waals surface area (Å²) in [5.74, 6) is 1.74. The molecule has 7 heteroatoms. The third-order valence-corrected chi connectivity index (χ3v) is 4.00. The van der Waals surface area contributed by atoms with Gasteiger partial charge in [0.05, 0.1) is 12.8 Å². The number of ether oxygens (including phenoxy) is 3. The number of anilines is 1. The van der Waals surface area contributed by atoms with E-state index in [0.717, 1.165) is 11.3 Å². The highest BCUT2D eigenvalue weighted by Gasteiger charge is 2.29. The fourth-order valence-electron chi connectivity index (χ4n) is 2.69. The van der Waals surface area contributed by atoms with Crippen LogP contribution in [0.1, 0.15) is 12.0 Å². The molecule has 0 fully saturated rings. The van der Waals surface area contributed by atoms with Crippen LogP contribution in [0.15, 0.2) is 47.6 Å². The van der Waals surface area contributed by atoms with E-state index in [1.165, 1.54) is 0 Å². The van der Waals surface area contributed by atoms with Crippen LogP contribution >= 0.6 is 0 Å². The van der Waals surface area contributed by atoms with Crippen molar-refractivity contribution < 1.29 is 23.8 Å². The minimum absolute atomic E-state index is 0.191. The monoisotopic (exact) mass is 340 g/mol. The van der Waals surface area contributed by atoms with Gasteiger partial charge in [0.25, 0.3) is 5.91 Å². The van der Waals surface area contributed by atoms with Crippen LogP contribution in [0.3, 0.4) is 0 Å². The molecule has 2 aromatic carbocycles. The summed E-state index contributed by atoms with van der Waals surface area (Å²) in [7, 11) is 1.60. The molecule has 0 aromatic heterocycles. The highest BCUT2D eigenvalue weighted by molar-refractivity contribution is 6.06. The number of methoxy groups -OCH3 is 1. The molecular formula is C18H16N2O5. The Labute approximate surface area is 144 Å². The van der Waals surface area contributed by atoms with Crippen molar-refractivity contribution in [2.75, 3.05) is 19.2 Å². The van der Waals surface area contributed by atoms with Gasteiger partial charge in [0.2, 0.25) is 12.9 Å². The van der Waals surface area contributed by atoms with E-state index in [9.17, 15) is 4.79 Å². The molecule has 2 aromatic rings. The van der Waals surface area contributed by atoms with Gasteiger partial charge in [-0.2, -0.15) is 0 Å². The zero-order valence-corrected chi connectivity index (χ0v) is 13.5. The first-order valence-corrected chi connectivity index (χ1v) is 7.80. The summed E-state index contributed by atoms with van der Waals surface area (Å²) in [5, 5.41) is 6.85. The number of hydrogen-bond acceptors (Lipinski definition) is 6. The van der Waals surface area contributed by atoms with Gasteiger partial charge in [0, 0.05) is 23.7 Å². The van der Waals surface area contributed by atoms with Crippen LogP contribution in [0.25, 0.3) is 0 Å². The van der Waals surface area contributed by atoms with E-state index in [0.29, 0.717) is 29.3 Å². The minimum Gasteiger partial charge on any atom is -0.497 e. The number of nitrogens with zero attached hydrogens (tertiary/aromatic N) is 1. The Kier molecular flexibility index (Phi) is 3.89. The summed E-state index contributed by atoms with van der Waals surface area (Å²) in [6, 6.07) is 12.7. The van der Waals surface area contributed by atoms with Gasteiger partial charge in [-0.3, -0.25) is 4.79 Å². The second-order valence-electron chi connectivity index (χ2n) is 5.63. The number of benzene rings is 2. The maximum absolute atomic E-state index is 12.4. The first-order chi connectivity index (χ1) is 12.2. The van der Waals surface area contributed by atoms with Crippen LogP contribution in [-0.4, -0.2) is 31.6 Å². The third-order valence-electron chi connectivity index (χ3n) is 4.00. The Bertz CT molecular complexity index is 849. The van der Waals surface area contributed by atoms with Crippen LogP contribution in [0, 0.1) is 0 Å². The fraction of sp³-hybridized carbons (Fsp3) is 0.222. The van der Waals surface area contributed by atoms with Crippen molar-refractivity contribution in [1.29, 1.82) is 0 Å². The summed E-state index contributed by atoms with van der Waals surface area (Å²) < 4.78 is 15.8. The van der Waals surface area contributed by atoms with Gasteiger partial charge in [-0.05, 0) is 24.3 Å². The number of nitrogens with one attached hydrogen (secondary N) is 1. The normalized spacial score (nSPS) is 17.6. The Balaban J connectivity index is 1.41. The van der Waals surface area contributed by atoms with Crippen LogP contribution in [0.2, 0.25) is 0 Å². The smallest absolute Gasteiger partial charge is 0.268 e. The number of amides is 1. The molecule has 0 aliphatic carbocycles. The Morgan fingerprint density at radius 2 is 2.08 bits per heavy atom. The number of rotatable bonds is 4. The van der Waals surface area contributed by atoms with Gasteiger partial charge < -0.3 is 24.4 Å². The van der Waals surface area contributed by atoms with Crippen LogP contribution in [-0.2, 0) is 9.63 Å². The number of oxime groups is 1. The van der Waals surface area contributed by atoms with Gasteiger partial charge in [-0.15, -0.1) is 0 Å². The third kappa shape index (κ3) is 3.08. The van der Waals surface area contributed by atoms with Crippen molar-refractivity contribution in [3.05, 3.63) is 48.0 Å². The van der Waals surface area contributed by atoms with Crippen molar-refractivity contribution in [2.45, 2.75) is 12.5 Å². The van der Waals surface area contributed by atoms with E-state index in [-0.39, 0.29) is 12.7 Å². The van der Waals surface area contributed by atoms with Crippen molar-refractivity contribution >= 4 is 17.3 Å². The lowest BCUT2D eigenvalue weighted by molar-refractivity contribution is -0.125. The fourth-order valence-corrected chi connectivity index (χ4v) is 2.69. The second-order valence-corrected chi connectivity index (χ2v) is 5.63. The molecule has 0 bridgehead atoms. The maximum Gasteiger partial charge on any atom is 0.268 e. The SMILES string of the molecule is COc1cccc(C2=NO[C@H](C(=O)Nc3ccc4c(c3)OCO4)C2)c1. The molecule has 128 valence electrons. The predicted molar refractivity (Wildman–Crippen MR) is 90.2 cm³/mol. The molecular weight excluding hydrogens is 324 g/mol. The van der Waals surface area contributed by atoms with E-state index in [1.807, 2.05) is 24.3 Å². The molecule has 1 N–H and O–H groups in total. The summed E-state index contributed by atoms with van der Waals surface area (Å²) in [6.45, 7) is 0.191. The number of carbonyl (C=O) groups is 1. The van der Waals surface area contributed by atoms with E-state index < -0.39 is 6.10 Å². The molecule has 2 aliphatic heterocycles. The van der Waals surface area contributed by atoms with Crippen molar-refractivity contribution in [3.8, 4) is 17.2 Å². The average Bonchev–Trinajstić information content (AvgIpc) is 3.31. The van der Waals surface area contributed by atoms with Gasteiger partial charge in [0.1, 0.15) is 5.75 Å². The standard InChI is InChI=1S/C18H16N2O5/c1-22-13-4-2-3-11(7-13)14-9-17(25-20-14)18(21)19-12-5-6-15-16(8-12)24-10-23-15/h2-8,17H,9-10H2,1H3,(H,19,21)/t17-/m0/s1. The van der Waals surface area contributed by atoms with Gasteiger partial charge in [-0.25, -0.2) is 0 Å². The Hall–Kier alpha value is -3.22. The highest BCUT2D eigenvalue weighted by Crippen LogP contribution is 2.34. The Morgan fingerprint density at radius 3 is 2.96 bits per heavy atom. The summed E-state index contributed by atoms with van der Waals surface area (Å²) in [4.78, 5) is 17.7. The molecule has 4 rings (SSSR count). The first-order valence-electron chi connectivity index (χ1n) is 7.80. The van der Waals surface area contributed by atoms with Crippen LogP contribution in [0.4, 0.5) is 5.69 Å². The number of hydrogen-bond donors (Lipinski definition) is 1. The molecule has 0 saturated heterocycles. The molecule has 0 saturated carbocycles. The predicted octanol–water partition coefficient (Wildman–Crippen LogP) is 2.56. The second kappa shape index (κ2) is 6.35. The lowest BCUT2D eigenvalue weighted by Crippen LogP contribution is -2.28. The molecule has 1 atom stereocenters. The summed E-state index contributed by atoms with van der Waals surface area (Å²) in [6.07, 6.45) is -0.282. The van der Waals surface area contributed by atoms with Crippen molar-refractivity contribution in [1.82, 2.24) is 0 Å². The zero-order valence-electron chi connectivity index (χ0n) is 13.5. The lowest BCUT2D eigenvalue weighted by Gasteiger charge is -2.10. The summed E-state index contributed by atoms with van der Waals surface area (Å²) >= 11 is 0. The summed E-state index contributed by atoms with van der Waals surface area (Å²) in [5.41, 5.74) is 2.20. The molecule has 0 unspecified atom stereocenters. The number of carbonyl (C=O) groups excluding carboxylic acids is 1. The van der Waals surface area contributed by atoms with Crippen LogP contribution < -0.4 is 19.5 Å². The van der Waals surface area contributed by atoms with E-state index in [1.54, 1.807) is 25.3 Å². The van der Waals surface area contributed by atoms with E-state index in [4.69, 9.17) is 19.0 Å². The average molecular weight is 340 g/mol. The molecule has 2 aliphatic rings. The van der Waals surface area contributed by atoms with Crippen LogP contribution in [0.5, 0.6) is 17.2 Å². The largest absolute Gasteiger partial charge is 0.497 e. The van der Waals surface area contributed by atoms with Crippen molar-refractivity contribution in [2.24, 2.45) is 5.16 Å². The minimum atomic E-state index is -0.674. The molecule has 7 nitrogen and oxygen atoms in total. The highest BCUT2D eigenvalue weighted by atomic mass is 16.7. The van der Waals surface area contributed by atoms with Crippen molar-refractivity contribution in [3.63, 3.8) is 0 Å². The topological polar surface area (TPSA) is 78.4 Å². The zero-order chi connectivity index (χ0) is 17.2. The molecule has 1 amide bonds. The van der Waals surface area contributed by atoms with E-state index in [2.05, 4.69) is 10.5 Å². The van der Waals surface area contributed by atoms with E-state index >= 15 is 0 Å². The quantitative estimate of drug-likeness (QED) is 0.925. The lowest BCUT2D eigenvalue weighted by atomic mass is 10.0. The Morgan fingerprint density at radius 1 is 1.20 bits per heavy atom. The maximum atomic E-state index is 12.4. The molecule has 0 radical (unpaired) electrons. The molecule has 0 spiro atoms.